The lowest BCUT2D eigenvalue weighted by molar-refractivity contribution is 0.0773. The van der Waals surface area contributed by atoms with Gasteiger partial charge in [-0.1, -0.05) is 0 Å². The zero-order valence-electron chi connectivity index (χ0n) is 10.8. The van der Waals surface area contributed by atoms with Gasteiger partial charge in [0.15, 0.2) is 0 Å². The van der Waals surface area contributed by atoms with Crippen molar-refractivity contribution in [2.45, 2.75) is 18.7 Å². The van der Waals surface area contributed by atoms with Crippen molar-refractivity contribution in [1.29, 1.82) is 0 Å². The van der Waals surface area contributed by atoms with Crippen LogP contribution in [0.4, 0.5) is 0 Å². The highest BCUT2D eigenvalue weighted by Gasteiger charge is 2.15. The van der Waals surface area contributed by atoms with Crippen LogP contribution in [0.15, 0.2) is 29.2 Å². The number of carbonyl (C=O) groups is 1. The first kappa shape index (κ1) is 14.7. The maximum absolute atomic E-state index is 12.0. The maximum Gasteiger partial charge on any atom is 0.253 e. The van der Waals surface area contributed by atoms with E-state index < -0.39 is 10.0 Å². The largest absolute Gasteiger partial charge is 0.339 e. The van der Waals surface area contributed by atoms with E-state index in [4.69, 9.17) is 0 Å². The van der Waals surface area contributed by atoms with Crippen LogP contribution in [0.25, 0.3) is 0 Å². The van der Waals surface area contributed by atoms with Crippen LogP contribution in [0.5, 0.6) is 0 Å². The molecule has 0 spiro atoms. The van der Waals surface area contributed by atoms with Crippen molar-refractivity contribution in [2.75, 3.05) is 20.1 Å². The average molecular weight is 270 g/mol. The number of hydrogen-bond donors (Lipinski definition) is 1. The van der Waals surface area contributed by atoms with Crippen molar-refractivity contribution >= 4 is 15.9 Å². The maximum atomic E-state index is 12.0. The molecule has 0 fully saturated rings. The van der Waals surface area contributed by atoms with Gasteiger partial charge < -0.3 is 4.90 Å². The Morgan fingerprint density at radius 3 is 2.06 bits per heavy atom. The first-order chi connectivity index (χ1) is 8.46. The quantitative estimate of drug-likeness (QED) is 0.870. The molecule has 6 heteroatoms. The minimum absolute atomic E-state index is 0.0894. The van der Waals surface area contributed by atoms with Crippen molar-refractivity contribution in [2.24, 2.45) is 0 Å². The minimum atomic E-state index is -3.45. The van der Waals surface area contributed by atoms with E-state index in [9.17, 15) is 13.2 Å². The van der Waals surface area contributed by atoms with Gasteiger partial charge in [-0.3, -0.25) is 4.79 Å². The molecule has 1 rings (SSSR count). The molecule has 0 unspecified atom stereocenters. The van der Waals surface area contributed by atoms with Crippen molar-refractivity contribution in [3.05, 3.63) is 29.8 Å². The number of sulfonamides is 1. The van der Waals surface area contributed by atoms with Crippen LogP contribution in [0.1, 0.15) is 24.2 Å². The molecule has 0 aliphatic rings. The summed E-state index contributed by atoms with van der Waals surface area (Å²) in [7, 11) is -2.10. The van der Waals surface area contributed by atoms with Gasteiger partial charge in [0.25, 0.3) is 5.91 Å². The van der Waals surface area contributed by atoms with E-state index in [1.807, 2.05) is 13.8 Å². The Kier molecular flexibility index (Phi) is 4.86. The number of rotatable bonds is 5. The molecule has 0 saturated heterocycles. The lowest BCUT2D eigenvalue weighted by Gasteiger charge is -2.18. The summed E-state index contributed by atoms with van der Waals surface area (Å²) in [6.45, 7) is 5.07. The predicted octanol–water partition coefficient (Wildman–Crippen LogP) is 1.08. The van der Waals surface area contributed by atoms with E-state index in [-0.39, 0.29) is 10.8 Å². The van der Waals surface area contributed by atoms with Crippen LogP contribution in [0.2, 0.25) is 0 Å². The van der Waals surface area contributed by atoms with Crippen molar-refractivity contribution < 1.29 is 13.2 Å². The first-order valence-electron chi connectivity index (χ1n) is 5.79. The Hall–Kier alpha value is -1.40. The molecule has 0 atom stereocenters. The van der Waals surface area contributed by atoms with E-state index in [2.05, 4.69) is 4.72 Å². The normalized spacial score (nSPS) is 11.3. The van der Waals surface area contributed by atoms with Gasteiger partial charge in [-0.25, -0.2) is 13.1 Å². The summed E-state index contributed by atoms with van der Waals surface area (Å²) in [6, 6.07) is 5.93. The smallest absolute Gasteiger partial charge is 0.253 e. The van der Waals surface area contributed by atoms with E-state index in [0.29, 0.717) is 18.7 Å². The average Bonchev–Trinajstić information content (AvgIpc) is 2.40. The highest BCUT2D eigenvalue weighted by molar-refractivity contribution is 7.89. The molecule has 18 heavy (non-hydrogen) atoms. The summed E-state index contributed by atoms with van der Waals surface area (Å²) >= 11 is 0. The van der Waals surface area contributed by atoms with Gasteiger partial charge in [0.1, 0.15) is 0 Å². The second-order valence-corrected chi connectivity index (χ2v) is 5.60. The molecular formula is C12H18N2O3S. The summed E-state index contributed by atoms with van der Waals surface area (Å²) in [5.74, 6) is -0.0894. The predicted molar refractivity (Wildman–Crippen MR) is 69.9 cm³/mol. The highest BCUT2D eigenvalue weighted by Crippen LogP contribution is 2.11. The molecule has 0 aromatic heterocycles. The van der Waals surface area contributed by atoms with E-state index in [0.717, 1.165) is 0 Å². The standard InChI is InChI=1S/C12H18N2O3S/c1-4-14(5-2)12(15)10-6-8-11(9-7-10)18(16,17)13-3/h6-9,13H,4-5H2,1-3H3. The lowest BCUT2D eigenvalue weighted by atomic mass is 10.2. The number of nitrogens with zero attached hydrogens (tertiary/aromatic N) is 1. The summed E-state index contributed by atoms with van der Waals surface area (Å²) in [4.78, 5) is 13.8. The third-order valence-electron chi connectivity index (χ3n) is 2.73. The van der Waals surface area contributed by atoms with E-state index in [1.165, 1.54) is 31.3 Å². The third-order valence-corrected chi connectivity index (χ3v) is 4.16. The lowest BCUT2D eigenvalue weighted by Crippen LogP contribution is -2.30. The Labute approximate surface area is 108 Å². The zero-order valence-corrected chi connectivity index (χ0v) is 11.6. The Balaban J connectivity index is 3.00. The third kappa shape index (κ3) is 3.08. The number of nitrogens with one attached hydrogen (secondary N) is 1. The van der Waals surface area contributed by atoms with Gasteiger partial charge in [-0.05, 0) is 45.2 Å². The molecule has 1 amide bonds. The summed E-state index contributed by atoms with van der Waals surface area (Å²) in [5.41, 5.74) is 0.494. The summed E-state index contributed by atoms with van der Waals surface area (Å²) < 4.78 is 25.3. The van der Waals surface area contributed by atoms with Crippen LogP contribution < -0.4 is 4.72 Å². The van der Waals surface area contributed by atoms with Gasteiger partial charge in [0.2, 0.25) is 10.0 Å². The zero-order chi connectivity index (χ0) is 13.8. The molecule has 100 valence electrons. The molecular weight excluding hydrogens is 252 g/mol. The monoisotopic (exact) mass is 270 g/mol. The highest BCUT2D eigenvalue weighted by atomic mass is 32.2. The van der Waals surface area contributed by atoms with E-state index >= 15 is 0 Å². The van der Waals surface area contributed by atoms with Gasteiger partial charge in [-0.2, -0.15) is 0 Å². The van der Waals surface area contributed by atoms with Crippen LogP contribution >= 0.6 is 0 Å². The second kappa shape index (κ2) is 5.97. The molecule has 0 bridgehead atoms. The molecule has 0 heterocycles. The Morgan fingerprint density at radius 2 is 1.67 bits per heavy atom. The summed E-state index contributed by atoms with van der Waals surface area (Å²) in [5, 5.41) is 0. The van der Waals surface area contributed by atoms with Crippen LogP contribution in [0, 0.1) is 0 Å². The fourth-order valence-corrected chi connectivity index (χ4v) is 2.32. The number of hydrogen-bond acceptors (Lipinski definition) is 3. The number of benzene rings is 1. The fraction of sp³-hybridized carbons (Fsp3) is 0.417. The molecule has 5 nitrogen and oxygen atoms in total. The molecule has 0 aliphatic carbocycles. The SMILES string of the molecule is CCN(CC)C(=O)c1ccc(S(=O)(=O)NC)cc1. The fourth-order valence-electron chi connectivity index (χ4n) is 1.59. The van der Waals surface area contributed by atoms with E-state index in [1.54, 1.807) is 4.90 Å². The molecule has 1 aromatic carbocycles. The molecule has 1 N–H and O–H groups in total. The van der Waals surface area contributed by atoms with Crippen molar-refractivity contribution in [3.63, 3.8) is 0 Å². The second-order valence-electron chi connectivity index (χ2n) is 3.71. The van der Waals surface area contributed by atoms with Crippen LogP contribution in [0.3, 0.4) is 0 Å². The van der Waals surface area contributed by atoms with Gasteiger partial charge in [0.05, 0.1) is 4.90 Å². The topological polar surface area (TPSA) is 66.5 Å². The number of amides is 1. The van der Waals surface area contributed by atoms with Crippen molar-refractivity contribution in [1.82, 2.24) is 9.62 Å². The Morgan fingerprint density at radius 1 is 1.17 bits per heavy atom. The van der Waals surface area contributed by atoms with Crippen LogP contribution in [-0.2, 0) is 10.0 Å². The molecule has 0 aliphatic heterocycles. The number of carbonyl (C=O) groups excluding carboxylic acids is 1. The molecule has 0 radical (unpaired) electrons. The van der Waals surface area contributed by atoms with Gasteiger partial charge in [-0.15, -0.1) is 0 Å². The van der Waals surface area contributed by atoms with Gasteiger partial charge >= 0.3 is 0 Å². The van der Waals surface area contributed by atoms with Crippen molar-refractivity contribution in [3.8, 4) is 0 Å². The molecule has 0 saturated carbocycles. The van der Waals surface area contributed by atoms with Gasteiger partial charge in [0, 0.05) is 18.7 Å². The van der Waals surface area contributed by atoms with Crippen LogP contribution in [-0.4, -0.2) is 39.4 Å². The Bertz CT molecular complexity index is 505. The first-order valence-corrected chi connectivity index (χ1v) is 7.27. The molecule has 1 aromatic rings. The minimum Gasteiger partial charge on any atom is -0.339 e. The summed E-state index contributed by atoms with van der Waals surface area (Å²) in [6.07, 6.45) is 0.